The standard InChI is InChI=1S/C19H24N4OS/c1-12(2)10-23-15(5)14(4)20-19(23)25-11-17-21-18(24-22-17)16-8-6-13(3)7-9-16/h6-9,12H,10-11H2,1-5H3. The highest BCUT2D eigenvalue weighted by Crippen LogP contribution is 2.26. The van der Waals surface area contributed by atoms with Crippen LogP contribution in [-0.2, 0) is 12.3 Å². The van der Waals surface area contributed by atoms with Gasteiger partial charge in [0.2, 0.25) is 0 Å². The van der Waals surface area contributed by atoms with Crippen LogP contribution in [0, 0.1) is 26.7 Å². The van der Waals surface area contributed by atoms with E-state index >= 15 is 0 Å². The van der Waals surface area contributed by atoms with Crippen LogP contribution in [0.3, 0.4) is 0 Å². The van der Waals surface area contributed by atoms with Crippen LogP contribution < -0.4 is 0 Å². The van der Waals surface area contributed by atoms with Crippen molar-refractivity contribution in [2.24, 2.45) is 5.92 Å². The maximum absolute atomic E-state index is 5.40. The van der Waals surface area contributed by atoms with Crippen molar-refractivity contribution in [3.63, 3.8) is 0 Å². The number of rotatable bonds is 6. The van der Waals surface area contributed by atoms with Crippen LogP contribution >= 0.6 is 11.8 Å². The van der Waals surface area contributed by atoms with E-state index in [1.54, 1.807) is 11.8 Å². The molecule has 0 radical (unpaired) electrons. The van der Waals surface area contributed by atoms with Gasteiger partial charge in [0, 0.05) is 17.8 Å². The molecule has 2 heterocycles. The van der Waals surface area contributed by atoms with Gasteiger partial charge in [-0.3, -0.25) is 0 Å². The Kier molecular flexibility index (Phi) is 5.27. The Bertz CT molecular complexity index is 849. The molecule has 0 atom stereocenters. The largest absolute Gasteiger partial charge is 0.334 e. The lowest BCUT2D eigenvalue weighted by Crippen LogP contribution is -2.07. The highest BCUT2D eigenvalue weighted by atomic mass is 32.2. The summed E-state index contributed by atoms with van der Waals surface area (Å²) in [5, 5.41) is 5.12. The summed E-state index contributed by atoms with van der Waals surface area (Å²) < 4.78 is 7.68. The van der Waals surface area contributed by atoms with Gasteiger partial charge in [0.25, 0.3) is 5.89 Å². The molecule has 0 aliphatic carbocycles. The molecule has 0 spiro atoms. The quantitative estimate of drug-likeness (QED) is 0.593. The Balaban J connectivity index is 1.72. The lowest BCUT2D eigenvalue weighted by atomic mass is 10.1. The van der Waals surface area contributed by atoms with Gasteiger partial charge in [-0.25, -0.2) is 4.98 Å². The zero-order chi connectivity index (χ0) is 18.0. The van der Waals surface area contributed by atoms with Crippen LogP contribution in [0.2, 0.25) is 0 Å². The van der Waals surface area contributed by atoms with Gasteiger partial charge in [0.05, 0.1) is 11.4 Å². The number of nitrogens with zero attached hydrogens (tertiary/aromatic N) is 4. The maximum atomic E-state index is 5.40. The molecule has 3 rings (SSSR count). The second kappa shape index (κ2) is 7.44. The molecule has 0 saturated carbocycles. The summed E-state index contributed by atoms with van der Waals surface area (Å²) in [6.07, 6.45) is 0. The SMILES string of the molecule is Cc1ccc(-c2nc(CSc3nc(C)c(C)n3CC(C)C)no2)cc1. The normalized spacial score (nSPS) is 11.4. The molecule has 0 amide bonds. The molecule has 2 aromatic heterocycles. The molecular formula is C19H24N4OS. The number of aromatic nitrogens is 4. The highest BCUT2D eigenvalue weighted by molar-refractivity contribution is 7.98. The summed E-state index contributed by atoms with van der Waals surface area (Å²) in [6.45, 7) is 11.6. The van der Waals surface area contributed by atoms with Gasteiger partial charge in [0.1, 0.15) is 0 Å². The van der Waals surface area contributed by atoms with E-state index in [9.17, 15) is 0 Å². The third-order valence-corrected chi connectivity index (χ3v) is 5.04. The van der Waals surface area contributed by atoms with Crippen molar-refractivity contribution in [3.05, 3.63) is 47.0 Å². The monoisotopic (exact) mass is 356 g/mol. The fourth-order valence-corrected chi connectivity index (χ4v) is 3.51. The summed E-state index contributed by atoms with van der Waals surface area (Å²) in [5.41, 5.74) is 4.46. The molecular weight excluding hydrogens is 332 g/mol. The van der Waals surface area contributed by atoms with E-state index in [4.69, 9.17) is 9.51 Å². The van der Waals surface area contributed by atoms with Crippen LogP contribution in [0.5, 0.6) is 0 Å². The zero-order valence-electron chi connectivity index (χ0n) is 15.4. The Morgan fingerprint density at radius 2 is 1.80 bits per heavy atom. The van der Waals surface area contributed by atoms with Crippen molar-refractivity contribution in [1.82, 2.24) is 19.7 Å². The third-order valence-electron chi connectivity index (χ3n) is 4.07. The molecule has 132 valence electrons. The molecule has 5 nitrogen and oxygen atoms in total. The maximum Gasteiger partial charge on any atom is 0.257 e. The minimum atomic E-state index is 0.563. The fourth-order valence-electron chi connectivity index (χ4n) is 2.57. The first-order chi connectivity index (χ1) is 11.9. The minimum Gasteiger partial charge on any atom is -0.334 e. The van der Waals surface area contributed by atoms with Crippen molar-refractivity contribution in [2.45, 2.75) is 52.1 Å². The van der Waals surface area contributed by atoms with E-state index in [-0.39, 0.29) is 0 Å². The van der Waals surface area contributed by atoms with Gasteiger partial charge in [0.15, 0.2) is 11.0 Å². The van der Waals surface area contributed by atoms with E-state index < -0.39 is 0 Å². The molecule has 0 aliphatic rings. The second-order valence-corrected chi connectivity index (χ2v) is 7.68. The van der Waals surface area contributed by atoms with Crippen molar-refractivity contribution in [3.8, 4) is 11.5 Å². The average Bonchev–Trinajstić information content (AvgIpc) is 3.14. The van der Waals surface area contributed by atoms with Gasteiger partial charge < -0.3 is 9.09 Å². The molecule has 0 N–H and O–H groups in total. The number of hydrogen-bond acceptors (Lipinski definition) is 5. The number of aryl methyl sites for hydroxylation is 2. The Hall–Kier alpha value is -2.08. The van der Waals surface area contributed by atoms with Gasteiger partial charge >= 0.3 is 0 Å². The molecule has 0 saturated heterocycles. The minimum absolute atomic E-state index is 0.563. The zero-order valence-corrected chi connectivity index (χ0v) is 16.2. The van der Waals surface area contributed by atoms with E-state index in [0.717, 1.165) is 23.0 Å². The van der Waals surface area contributed by atoms with Gasteiger partial charge in [-0.05, 0) is 38.8 Å². The first kappa shape index (κ1) is 17.7. The summed E-state index contributed by atoms with van der Waals surface area (Å²) >= 11 is 1.65. The first-order valence-electron chi connectivity index (χ1n) is 8.50. The summed E-state index contributed by atoms with van der Waals surface area (Å²) in [7, 11) is 0. The lowest BCUT2D eigenvalue weighted by Gasteiger charge is -2.11. The van der Waals surface area contributed by atoms with Crippen molar-refractivity contribution < 1.29 is 4.52 Å². The summed E-state index contributed by atoms with van der Waals surface area (Å²) in [5.74, 6) is 2.47. The molecule has 6 heteroatoms. The molecule has 0 fully saturated rings. The summed E-state index contributed by atoms with van der Waals surface area (Å²) in [4.78, 5) is 9.20. The Labute approximate surface area is 152 Å². The smallest absolute Gasteiger partial charge is 0.257 e. The number of benzene rings is 1. The number of thioether (sulfide) groups is 1. The van der Waals surface area contributed by atoms with Gasteiger partial charge in [-0.1, -0.05) is 48.5 Å². The average molecular weight is 356 g/mol. The highest BCUT2D eigenvalue weighted by Gasteiger charge is 2.15. The van der Waals surface area contributed by atoms with Crippen molar-refractivity contribution >= 4 is 11.8 Å². The molecule has 1 aromatic carbocycles. The topological polar surface area (TPSA) is 56.7 Å². The predicted molar refractivity (Wildman–Crippen MR) is 101 cm³/mol. The number of hydrogen-bond donors (Lipinski definition) is 0. The van der Waals surface area contributed by atoms with Crippen molar-refractivity contribution in [2.75, 3.05) is 0 Å². The molecule has 3 aromatic rings. The second-order valence-electron chi connectivity index (χ2n) is 6.74. The summed E-state index contributed by atoms with van der Waals surface area (Å²) in [6, 6.07) is 8.09. The Morgan fingerprint density at radius 1 is 1.08 bits per heavy atom. The molecule has 25 heavy (non-hydrogen) atoms. The van der Waals surface area contributed by atoms with Gasteiger partial charge in [-0.15, -0.1) is 0 Å². The van der Waals surface area contributed by atoms with Crippen LogP contribution in [-0.4, -0.2) is 19.7 Å². The fraction of sp³-hybridized carbons (Fsp3) is 0.421. The van der Waals surface area contributed by atoms with Crippen LogP contribution in [0.1, 0.15) is 36.6 Å². The van der Waals surface area contributed by atoms with E-state index in [1.165, 1.54) is 11.3 Å². The van der Waals surface area contributed by atoms with Crippen LogP contribution in [0.15, 0.2) is 33.9 Å². The lowest BCUT2D eigenvalue weighted by molar-refractivity contribution is 0.425. The van der Waals surface area contributed by atoms with Crippen LogP contribution in [0.25, 0.3) is 11.5 Å². The van der Waals surface area contributed by atoms with E-state index in [0.29, 0.717) is 23.4 Å². The predicted octanol–water partition coefficient (Wildman–Crippen LogP) is 4.81. The Morgan fingerprint density at radius 3 is 2.48 bits per heavy atom. The van der Waals surface area contributed by atoms with E-state index in [1.807, 2.05) is 24.3 Å². The van der Waals surface area contributed by atoms with E-state index in [2.05, 4.69) is 49.3 Å². The van der Waals surface area contributed by atoms with Crippen molar-refractivity contribution in [1.29, 1.82) is 0 Å². The number of imidazole rings is 1. The first-order valence-corrected chi connectivity index (χ1v) is 9.48. The molecule has 0 aliphatic heterocycles. The molecule has 0 unspecified atom stereocenters. The third kappa shape index (κ3) is 4.12. The molecule has 0 bridgehead atoms. The van der Waals surface area contributed by atoms with Crippen LogP contribution in [0.4, 0.5) is 0 Å². The van der Waals surface area contributed by atoms with Gasteiger partial charge in [-0.2, -0.15) is 4.98 Å².